The number of nitrogens with one attached hydrogen (secondary N) is 2. The Balaban J connectivity index is 1.84. The van der Waals surface area contributed by atoms with Crippen LogP contribution in [0.1, 0.15) is 33.0 Å². The Bertz CT molecular complexity index is 591. The largest absolute Gasteiger partial charge is 0.385 e. The van der Waals surface area contributed by atoms with Gasteiger partial charge in [-0.3, -0.25) is 9.89 Å². The quantitative estimate of drug-likeness (QED) is 0.299. The number of ether oxygens (including phenoxy) is 2. The molecule has 0 bridgehead atoms. The third-order valence-corrected chi connectivity index (χ3v) is 4.77. The van der Waals surface area contributed by atoms with Gasteiger partial charge >= 0.3 is 0 Å². The van der Waals surface area contributed by atoms with E-state index in [-0.39, 0.29) is 6.10 Å². The fourth-order valence-electron chi connectivity index (χ4n) is 3.40. The second kappa shape index (κ2) is 13.5. The predicted molar refractivity (Wildman–Crippen MR) is 115 cm³/mol. The van der Waals surface area contributed by atoms with Gasteiger partial charge in [-0.2, -0.15) is 0 Å². The highest BCUT2D eigenvalue weighted by molar-refractivity contribution is 5.79. The van der Waals surface area contributed by atoms with Crippen LogP contribution in [0, 0.1) is 5.92 Å². The number of aryl methyl sites for hydroxylation is 1. The van der Waals surface area contributed by atoms with Crippen LogP contribution in [0.5, 0.6) is 0 Å². The fourth-order valence-corrected chi connectivity index (χ4v) is 3.40. The SMILES string of the molecule is CCc1nncn1CCNC(=NCC1CN(CC(C)C)CCO1)NCCCOC. The highest BCUT2D eigenvalue weighted by Crippen LogP contribution is 2.08. The van der Waals surface area contributed by atoms with Crippen molar-refractivity contribution in [2.45, 2.75) is 46.3 Å². The maximum Gasteiger partial charge on any atom is 0.191 e. The molecule has 1 unspecified atom stereocenters. The summed E-state index contributed by atoms with van der Waals surface area (Å²) in [6.45, 7) is 14.2. The number of morpholine rings is 1. The summed E-state index contributed by atoms with van der Waals surface area (Å²) in [6.07, 6.45) is 3.74. The molecule has 2 heterocycles. The lowest BCUT2D eigenvalue weighted by Crippen LogP contribution is -2.46. The molecule has 0 saturated carbocycles. The maximum absolute atomic E-state index is 5.93. The Hall–Kier alpha value is -1.71. The molecule has 1 saturated heterocycles. The third kappa shape index (κ3) is 9.10. The molecule has 1 aromatic heterocycles. The van der Waals surface area contributed by atoms with Crippen LogP contribution >= 0.6 is 0 Å². The van der Waals surface area contributed by atoms with Gasteiger partial charge in [-0.1, -0.05) is 20.8 Å². The Morgan fingerprint density at radius 2 is 2.21 bits per heavy atom. The van der Waals surface area contributed by atoms with Gasteiger partial charge in [0.15, 0.2) is 5.96 Å². The van der Waals surface area contributed by atoms with Crippen molar-refractivity contribution in [2.24, 2.45) is 10.9 Å². The van der Waals surface area contributed by atoms with E-state index in [1.807, 2.05) is 0 Å². The number of rotatable bonds is 12. The van der Waals surface area contributed by atoms with E-state index in [2.05, 4.69) is 51.1 Å². The van der Waals surface area contributed by atoms with E-state index < -0.39 is 0 Å². The molecule has 29 heavy (non-hydrogen) atoms. The summed E-state index contributed by atoms with van der Waals surface area (Å²) in [4.78, 5) is 7.26. The Morgan fingerprint density at radius 1 is 1.38 bits per heavy atom. The standard InChI is InChI=1S/C20H39N7O2/c1-5-19-25-24-16-27(19)9-8-22-20(21-7-6-11-28-4)23-13-18-15-26(10-12-29-18)14-17(2)3/h16-18H,5-15H2,1-4H3,(H2,21,22,23). The topological polar surface area (TPSA) is 88.8 Å². The van der Waals surface area contributed by atoms with Crippen molar-refractivity contribution in [3.8, 4) is 0 Å². The van der Waals surface area contributed by atoms with Crippen LogP contribution in [0.4, 0.5) is 0 Å². The molecule has 0 radical (unpaired) electrons. The van der Waals surface area contributed by atoms with Gasteiger partial charge < -0.3 is 24.7 Å². The average molecular weight is 410 g/mol. The minimum absolute atomic E-state index is 0.143. The minimum Gasteiger partial charge on any atom is -0.385 e. The van der Waals surface area contributed by atoms with Crippen LogP contribution in [0.25, 0.3) is 0 Å². The molecule has 2 rings (SSSR count). The van der Waals surface area contributed by atoms with Crippen molar-refractivity contribution in [1.82, 2.24) is 30.3 Å². The van der Waals surface area contributed by atoms with Gasteiger partial charge in [-0.15, -0.1) is 10.2 Å². The Labute approximate surface area is 175 Å². The lowest BCUT2D eigenvalue weighted by Gasteiger charge is -2.33. The van der Waals surface area contributed by atoms with Crippen LogP contribution < -0.4 is 10.6 Å². The molecular weight excluding hydrogens is 370 g/mol. The number of aliphatic imine (C=N–C) groups is 1. The number of hydrogen-bond donors (Lipinski definition) is 2. The maximum atomic E-state index is 5.93. The van der Waals surface area contributed by atoms with Crippen molar-refractivity contribution in [3.05, 3.63) is 12.2 Å². The molecule has 2 N–H and O–H groups in total. The Kier molecular flexibility index (Phi) is 11.0. The van der Waals surface area contributed by atoms with Crippen LogP contribution in [-0.4, -0.2) is 91.3 Å². The van der Waals surface area contributed by atoms with Gasteiger partial charge in [-0.25, -0.2) is 0 Å². The molecule has 166 valence electrons. The number of nitrogens with zero attached hydrogens (tertiary/aromatic N) is 5. The lowest BCUT2D eigenvalue weighted by molar-refractivity contribution is -0.0261. The zero-order chi connectivity index (χ0) is 20.9. The first-order chi connectivity index (χ1) is 14.1. The monoisotopic (exact) mass is 409 g/mol. The smallest absolute Gasteiger partial charge is 0.191 e. The van der Waals surface area contributed by atoms with Crippen molar-refractivity contribution in [3.63, 3.8) is 0 Å². The second-order valence-electron chi connectivity index (χ2n) is 7.83. The summed E-state index contributed by atoms with van der Waals surface area (Å²) in [6, 6.07) is 0. The van der Waals surface area contributed by atoms with Crippen molar-refractivity contribution in [1.29, 1.82) is 0 Å². The van der Waals surface area contributed by atoms with Gasteiger partial charge in [0.05, 0.1) is 19.3 Å². The summed E-state index contributed by atoms with van der Waals surface area (Å²) in [5.41, 5.74) is 0. The summed E-state index contributed by atoms with van der Waals surface area (Å²) in [5, 5.41) is 14.9. The number of aromatic nitrogens is 3. The molecule has 1 aliphatic rings. The number of guanidine groups is 1. The molecule has 1 fully saturated rings. The normalized spacial score (nSPS) is 18.4. The highest BCUT2D eigenvalue weighted by atomic mass is 16.5. The first-order valence-electron chi connectivity index (χ1n) is 10.8. The predicted octanol–water partition coefficient (Wildman–Crippen LogP) is 0.769. The molecule has 0 aromatic carbocycles. The number of hydrogen-bond acceptors (Lipinski definition) is 6. The van der Waals surface area contributed by atoms with Gasteiger partial charge in [0.2, 0.25) is 0 Å². The molecule has 0 amide bonds. The average Bonchev–Trinajstić information content (AvgIpc) is 3.16. The van der Waals surface area contributed by atoms with Crippen LogP contribution in [0.15, 0.2) is 11.3 Å². The molecule has 1 atom stereocenters. The zero-order valence-corrected chi connectivity index (χ0v) is 18.6. The number of methoxy groups -OCH3 is 1. The van der Waals surface area contributed by atoms with Crippen molar-refractivity contribution < 1.29 is 9.47 Å². The molecular formula is C20H39N7O2. The fraction of sp³-hybridized carbons (Fsp3) is 0.850. The summed E-state index contributed by atoms with van der Waals surface area (Å²) in [7, 11) is 1.72. The van der Waals surface area contributed by atoms with E-state index in [0.29, 0.717) is 12.5 Å². The zero-order valence-electron chi connectivity index (χ0n) is 18.6. The van der Waals surface area contributed by atoms with Crippen LogP contribution in [-0.2, 0) is 22.4 Å². The van der Waals surface area contributed by atoms with Crippen molar-refractivity contribution in [2.75, 3.05) is 59.6 Å². The first-order valence-corrected chi connectivity index (χ1v) is 10.8. The van der Waals surface area contributed by atoms with E-state index in [1.54, 1.807) is 13.4 Å². The lowest BCUT2D eigenvalue weighted by atomic mass is 10.2. The Morgan fingerprint density at radius 3 is 2.97 bits per heavy atom. The molecule has 9 nitrogen and oxygen atoms in total. The van der Waals surface area contributed by atoms with Gasteiger partial charge in [-0.05, 0) is 12.3 Å². The molecule has 9 heteroatoms. The van der Waals surface area contributed by atoms with Gasteiger partial charge in [0.25, 0.3) is 0 Å². The third-order valence-electron chi connectivity index (χ3n) is 4.77. The van der Waals surface area contributed by atoms with E-state index in [0.717, 1.165) is 77.1 Å². The van der Waals surface area contributed by atoms with E-state index in [4.69, 9.17) is 14.5 Å². The summed E-state index contributed by atoms with van der Waals surface area (Å²) < 4.78 is 13.1. The minimum atomic E-state index is 0.143. The molecule has 1 aromatic rings. The summed E-state index contributed by atoms with van der Waals surface area (Å²) >= 11 is 0. The molecule has 0 spiro atoms. The van der Waals surface area contributed by atoms with Gasteiger partial charge in [0, 0.05) is 59.4 Å². The van der Waals surface area contributed by atoms with E-state index >= 15 is 0 Å². The van der Waals surface area contributed by atoms with Crippen molar-refractivity contribution >= 4 is 5.96 Å². The van der Waals surface area contributed by atoms with Crippen LogP contribution in [0.2, 0.25) is 0 Å². The summed E-state index contributed by atoms with van der Waals surface area (Å²) in [5.74, 6) is 2.48. The van der Waals surface area contributed by atoms with Crippen LogP contribution in [0.3, 0.4) is 0 Å². The van der Waals surface area contributed by atoms with E-state index in [9.17, 15) is 0 Å². The molecule has 0 aliphatic carbocycles. The van der Waals surface area contributed by atoms with E-state index in [1.165, 1.54) is 0 Å². The second-order valence-corrected chi connectivity index (χ2v) is 7.83. The van der Waals surface area contributed by atoms with Gasteiger partial charge in [0.1, 0.15) is 12.2 Å². The molecule has 1 aliphatic heterocycles. The highest BCUT2D eigenvalue weighted by Gasteiger charge is 2.20. The first kappa shape index (κ1) is 23.6.